The lowest BCUT2D eigenvalue weighted by atomic mass is 9.83. The minimum absolute atomic E-state index is 0.0560. The second-order valence-electron chi connectivity index (χ2n) is 6.16. The highest BCUT2D eigenvalue weighted by molar-refractivity contribution is 7.91. The van der Waals surface area contributed by atoms with Crippen LogP contribution in [0, 0.1) is 5.92 Å². The van der Waals surface area contributed by atoms with Gasteiger partial charge in [0.1, 0.15) is 5.70 Å². The van der Waals surface area contributed by atoms with Gasteiger partial charge >= 0.3 is 0 Å². The fourth-order valence-corrected chi connectivity index (χ4v) is 4.21. The number of ketones is 1. The Morgan fingerprint density at radius 2 is 2.13 bits per heavy atom. The Morgan fingerprint density at radius 3 is 2.87 bits per heavy atom. The van der Waals surface area contributed by atoms with Crippen LogP contribution in [0.5, 0.6) is 0 Å². The number of carbonyl (C=O) groups excluding carboxylic acids is 1. The molecule has 4 rings (SSSR count). The average molecular weight is 324 g/mol. The molecule has 1 aromatic rings. The van der Waals surface area contributed by atoms with E-state index in [1.807, 2.05) is 31.2 Å². The lowest BCUT2D eigenvalue weighted by Gasteiger charge is -2.20. The first-order valence-electron chi connectivity index (χ1n) is 7.55. The first-order valence-corrected chi connectivity index (χ1v) is 9.28. The molecule has 0 radical (unpaired) electrons. The molecule has 2 unspecified atom stereocenters. The van der Waals surface area contributed by atoms with Crippen LogP contribution in [0.15, 0.2) is 45.8 Å². The van der Waals surface area contributed by atoms with Crippen molar-refractivity contribution in [2.24, 2.45) is 16.1 Å². The molecule has 0 amide bonds. The van der Waals surface area contributed by atoms with Gasteiger partial charge in [-0.2, -0.15) is 5.11 Å². The van der Waals surface area contributed by atoms with Gasteiger partial charge in [-0.3, -0.25) is 4.79 Å². The summed E-state index contributed by atoms with van der Waals surface area (Å²) in [5.74, 6) is 0.119. The zero-order chi connectivity index (χ0) is 16.3. The summed E-state index contributed by atoms with van der Waals surface area (Å²) >= 11 is -1.14. The van der Waals surface area contributed by atoms with Crippen LogP contribution in [0.25, 0.3) is 16.8 Å². The monoisotopic (exact) mass is 324 g/mol. The predicted octanol–water partition coefficient (Wildman–Crippen LogP) is 1.68. The van der Waals surface area contributed by atoms with Crippen molar-refractivity contribution in [1.29, 1.82) is 0 Å². The van der Waals surface area contributed by atoms with E-state index in [1.165, 1.54) is 5.57 Å². The molecule has 1 aliphatic heterocycles. The van der Waals surface area contributed by atoms with Gasteiger partial charge in [0.15, 0.2) is 5.75 Å². The van der Waals surface area contributed by atoms with Gasteiger partial charge in [-0.25, -0.2) is 0 Å². The van der Waals surface area contributed by atoms with Crippen LogP contribution in [-0.4, -0.2) is 22.3 Å². The summed E-state index contributed by atoms with van der Waals surface area (Å²) < 4.78 is 11.5. The number of benzene rings is 1. The van der Waals surface area contributed by atoms with Crippen molar-refractivity contribution >= 4 is 33.8 Å². The maximum Gasteiger partial charge on any atom is 0.212 e. The Kier molecular flexibility index (Phi) is 3.18. The van der Waals surface area contributed by atoms with Crippen molar-refractivity contribution in [3.8, 4) is 0 Å². The maximum atomic E-state index is 12.5. The lowest BCUT2D eigenvalue weighted by molar-refractivity contribution is -0.111. The van der Waals surface area contributed by atoms with Gasteiger partial charge in [0.05, 0.1) is 12.0 Å². The smallest absolute Gasteiger partial charge is 0.212 e. The largest absolute Gasteiger partial charge is 0.616 e. The number of allylic oxidation sites excluding steroid dienone is 3. The molecule has 2 atom stereocenters. The lowest BCUT2D eigenvalue weighted by Crippen LogP contribution is -2.33. The molecule has 4 nitrogen and oxygen atoms in total. The van der Waals surface area contributed by atoms with Crippen LogP contribution in [0.2, 0.25) is 0 Å². The molecule has 0 spiro atoms. The molecule has 1 aromatic carbocycles. The number of nitrogens with zero attached hydrogens (tertiary/aromatic N) is 2. The van der Waals surface area contributed by atoms with E-state index in [1.54, 1.807) is 6.26 Å². The summed E-state index contributed by atoms with van der Waals surface area (Å²) in [7, 11) is 0. The molecule has 116 valence electrons. The van der Waals surface area contributed by atoms with E-state index in [-0.39, 0.29) is 17.5 Å². The summed E-state index contributed by atoms with van der Waals surface area (Å²) in [4.78, 5) is 12.5. The molecule has 0 aromatic heterocycles. The Bertz CT molecular complexity index is 967. The van der Waals surface area contributed by atoms with E-state index < -0.39 is 11.2 Å². The molecule has 0 saturated carbocycles. The van der Waals surface area contributed by atoms with Crippen LogP contribution < -0.4 is 10.4 Å². The summed E-state index contributed by atoms with van der Waals surface area (Å²) in [6.07, 6.45) is 3.56. The SMILES string of the molecule is CC1=C2C(=c3cccc4c3=C2C(C)C=C4C(=O)C[S+](C)[O-])N=N1. The Hall–Kier alpha value is -1.98. The van der Waals surface area contributed by atoms with Crippen LogP contribution in [0.4, 0.5) is 0 Å². The first-order chi connectivity index (χ1) is 11.0. The third-order valence-electron chi connectivity index (χ3n) is 4.55. The third-order valence-corrected chi connectivity index (χ3v) is 5.22. The number of azo groups is 1. The fraction of sp³-hybridized carbons (Fsp3) is 0.278. The summed E-state index contributed by atoms with van der Waals surface area (Å²) in [6, 6.07) is 5.96. The van der Waals surface area contributed by atoms with E-state index >= 15 is 0 Å². The molecule has 0 saturated heterocycles. The number of fused-ring (bicyclic) bond motifs is 2. The van der Waals surface area contributed by atoms with E-state index in [0.29, 0.717) is 5.57 Å². The quantitative estimate of drug-likeness (QED) is 0.794. The standard InChI is InChI=1S/C18H16N2O2S/c1-9-7-13(14(21)8-23(3)22)11-5-4-6-12-17(11)15(9)16-10(2)19-20-18(12)16/h4-7,9H,8H2,1-3H3. The topological polar surface area (TPSA) is 64.8 Å². The molecule has 2 aliphatic carbocycles. The van der Waals surface area contributed by atoms with Gasteiger partial charge in [-0.05, 0) is 34.5 Å². The van der Waals surface area contributed by atoms with Crippen LogP contribution >= 0.6 is 0 Å². The minimum Gasteiger partial charge on any atom is -0.616 e. The number of carbonyl (C=O) groups is 1. The summed E-state index contributed by atoms with van der Waals surface area (Å²) in [5, 5.41) is 10.7. The van der Waals surface area contributed by atoms with Crippen molar-refractivity contribution in [1.82, 2.24) is 0 Å². The van der Waals surface area contributed by atoms with Crippen molar-refractivity contribution in [2.45, 2.75) is 13.8 Å². The predicted molar refractivity (Wildman–Crippen MR) is 91.1 cm³/mol. The van der Waals surface area contributed by atoms with Crippen molar-refractivity contribution in [3.05, 3.63) is 51.5 Å². The molecule has 0 N–H and O–H groups in total. The number of rotatable bonds is 3. The van der Waals surface area contributed by atoms with Crippen molar-refractivity contribution in [3.63, 3.8) is 0 Å². The highest BCUT2D eigenvalue weighted by Gasteiger charge is 2.34. The highest BCUT2D eigenvalue weighted by Crippen LogP contribution is 2.40. The summed E-state index contributed by atoms with van der Waals surface area (Å²) in [6.45, 7) is 4.06. The van der Waals surface area contributed by atoms with E-state index in [9.17, 15) is 9.35 Å². The van der Waals surface area contributed by atoms with Crippen LogP contribution in [0.1, 0.15) is 19.4 Å². The second kappa shape index (κ2) is 5.01. The minimum atomic E-state index is -1.14. The fourth-order valence-electron chi connectivity index (χ4n) is 3.68. The number of Topliss-reactive ketones (excluding diaryl/α,β-unsaturated/α-hetero) is 1. The van der Waals surface area contributed by atoms with E-state index in [2.05, 4.69) is 17.2 Å². The van der Waals surface area contributed by atoms with Crippen molar-refractivity contribution in [2.75, 3.05) is 12.0 Å². The molecule has 1 heterocycles. The third kappa shape index (κ3) is 2.00. The maximum absolute atomic E-state index is 12.5. The normalized spacial score (nSPS) is 22.3. The Labute approximate surface area is 137 Å². The Balaban J connectivity index is 2.01. The van der Waals surface area contributed by atoms with Crippen LogP contribution in [0.3, 0.4) is 0 Å². The Morgan fingerprint density at radius 1 is 1.35 bits per heavy atom. The van der Waals surface area contributed by atoms with Gasteiger partial charge < -0.3 is 4.55 Å². The molecule has 3 aliphatic rings. The highest BCUT2D eigenvalue weighted by atomic mass is 32.2. The summed E-state index contributed by atoms with van der Waals surface area (Å²) in [5.41, 5.74) is 5.79. The molecule has 5 heteroatoms. The van der Waals surface area contributed by atoms with Gasteiger partial charge in [-0.15, -0.1) is 5.11 Å². The molecule has 0 fully saturated rings. The number of hydrogen-bond acceptors (Lipinski definition) is 4. The zero-order valence-electron chi connectivity index (χ0n) is 13.2. The van der Waals surface area contributed by atoms with Gasteiger partial charge in [0.25, 0.3) is 0 Å². The van der Waals surface area contributed by atoms with Gasteiger partial charge in [-0.1, -0.05) is 31.2 Å². The number of hydrogen-bond donors (Lipinski definition) is 0. The van der Waals surface area contributed by atoms with Crippen molar-refractivity contribution < 1.29 is 9.35 Å². The van der Waals surface area contributed by atoms with Crippen LogP contribution in [-0.2, 0) is 16.0 Å². The van der Waals surface area contributed by atoms with Gasteiger partial charge in [0, 0.05) is 22.3 Å². The zero-order valence-corrected chi connectivity index (χ0v) is 14.0. The molecular weight excluding hydrogens is 308 g/mol. The average Bonchev–Trinajstić information content (AvgIpc) is 3.02. The molecule has 0 bridgehead atoms. The molecule has 23 heavy (non-hydrogen) atoms. The van der Waals surface area contributed by atoms with Gasteiger partial charge in [0.2, 0.25) is 5.78 Å². The first kappa shape index (κ1) is 14.6. The van der Waals surface area contributed by atoms with E-state index in [0.717, 1.165) is 33.0 Å². The van der Waals surface area contributed by atoms with E-state index in [4.69, 9.17) is 0 Å². The molecular formula is C18H16N2O2S. The second-order valence-corrected chi connectivity index (χ2v) is 7.60.